The van der Waals surface area contributed by atoms with Gasteiger partial charge in [-0.05, 0) is 30.3 Å². The average molecular weight is 390 g/mol. The number of anilines is 1. The fourth-order valence-electron chi connectivity index (χ4n) is 1.65. The van der Waals surface area contributed by atoms with E-state index in [-0.39, 0.29) is 22.0 Å². The Morgan fingerprint density at radius 1 is 1.14 bits per heavy atom. The number of carbonyl (C=O) groups is 1. The zero-order valence-electron chi connectivity index (χ0n) is 10.3. The second kappa shape index (κ2) is 6.43. The highest BCUT2D eigenvalue weighted by molar-refractivity contribution is 9.10. The van der Waals surface area contributed by atoms with Crippen molar-refractivity contribution in [3.8, 4) is 0 Å². The number of nitro groups is 1. The van der Waals surface area contributed by atoms with Crippen molar-refractivity contribution in [2.24, 2.45) is 0 Å². The summed E-state index contributed by atoms with van der Waals surface area (Å²) in [7, 11) is 0. The van der Waals surface area contributed by atoms with Crippen molar-refractivity contribution in [1.82, 2.24) is 0 Å². The van der Waals surface area contributed by atoms with Crippen LogP contribution in [0.4, 0.5) is 11.4 Å². The molecule has 0 aliphatic rings. The summed E-state index contributed by atoms with van der Waals surface area (Å²) >= 11 is 14.9. The van der Waals surface area contributed by atoms with Crippen molar-refractivity contribution in [2.45, 2.75) is 0 Å². The highest BCUT2D eigenvalue weighted by atomic mass is 79.9. The van der Waals surface area contributed by atoms with Crippen LogP contribution in [0.1, 0.15) is 10.4 Å². The van der Waals surface area contributed by atoms with Crippen LogP contribution in [0.15, 0.2) is 40.9 Å². The molecule has 1 amide bonds. The molecular formula is C13H7BrCl2N2O3. The number of hydrogen-bond donors (Lipinski definition) is 1. The van der Waals surface area contributed by atoms with E-state index in [0.717, 1.165) is 0 Å². The molecule has 0 heterocycles. The smallest absolute Gasteiger partial charge is 0.292 e. The number of carbonyl (C=O) groups excluding carboxylic acids is 1. The number of nitrogens with zero attached hydrogens (tertiary/aromatic N) is 1. The van der Waals surface area contributed by atoms with Crippen LogP contribution in [-0.4, -0.2) is 10.8 Å². The van der Waals surface area contributed by atoms with E-state index < -0.39 is 10.8 Å². The SMILES string of the molecule is O=C(Nc1cc(Cl)ccc1[N+](=O)[O-])c1cc(Cl)cc(Br)c1. The van der Waals surface area contributed by atoms with E-state index in [1.165, 1.54) is 24.3 Å². The summed E-state index contributed by atoms with van der Waals surface area (Å²) in [5, 5.41) is 14.1. The van der Waals surface area contributed by atoms with Crippen molar-refractivity contribution < 1.29 is 9.72 Å². The molecule has 1 N–H and O–H groups in total. The maximum atomic E-state index is 12.1. The minimum atomic E-state index is -0.597. The fraction of sp³-hybridized carbons (Fsp3) is 0. The van der Waals surface area contributed by atoms with Gasteiger partial charge in [0.25, 0.3) is 11.6 Å². The van der Waals surface area contributed by atoms with E-state index in [1.54, 1.807) is 12.1 Å². The highest BCUT2D eigenvalue weighted by Gasteiger charge is 2.17. The highest BCUT2D eigenvalue weighted by Crippen LogP contribution is 2.28. The molecule has 0 spiro atoms. The van der Waals surface area contributed by atoms with Gasteiger partial charge in [-0.2, -0.15) is 0 Å². The van der Waals surface area contributed by atoms with Crippen molar-refractivity contribution in [3.63, 3.8) is 0 Å². The van der Waals surface area contributed by atoms with Crippen molar-refractivity contribution >= 4 is 56.4 Å². The number of rotatable bonds is 3. The third-order valence-electron chi connectivity index (χ3n) is 2.53. The Labute approximate surface area is 138 Å². The third kappa shape index (κ3) is 3.93. The number of benzene rings is 2. The Kier molecular flexibility index (Phi) is 4.82. The van der Waals surface area contributed by atoms with Gasteiger partial charge in [-0.1, -0.05) is 39.1 Å². The predicted molar refractivity (Wildman–Crippen MR) is 85.2 cm³/mol. The molecule has 0 aliphatic carbocycles. The van der Waals surface area contributed by atoms with Gasteiger partial charge in [0.2, 0.25) is 0 Å². The summed E-state index contributed by atoms with van der Waals surface area (Å²) in [6.45, 7) is 0. The van der Waals surface area contributed by atoms with Crippen LogP contribution < -0.4 is 5.32 Å². The maximum Gasteiger partial charge on any atom is 0.292 e. The Morgan fingerprint density at radius 2 is 1.86 bits per heavy atom. The predicted octanol–water partition coefficient (Wildman–Crippen LogP) is 4.92. The summed E-state index contributed by atoms with van der Waals surface area (Å²) < 4.78 is 0.626. The lowest BCUT2D eigenvalue weighted by Gasteiger charge is -2.07. The summed E-state index contributed by atoms with van der Waals surface area (Å²) in [6, 6.07) is 8.56. The largest absolute Gasteiger partial charge is 0.316 e. The van der Waals surface area contributed by atoms with Crippen LogP contribution in [0.3, 0.4) is 0 Å². The molecule has 8 heteroatoms. The number of hydrogen-bond acceptors (Lipinski definition) is 3. The first-order chi connectivity index (χ1) is 9.86. The number of halogens is 3. The normalized spacial score (nSPS) is 10.2. The zero-order valence-corrected chi connectivity index (χ0v) is 13.4. The van der Waals surface area contributed by atoms with Crippen LogP contribution in [-0.2, 0) is 0 Å². The Bertz CT molecular complexity index is 717. The molecule has 2 aromatic rings. The second-order valence-corrected chi connectivity index (χ2v) is 5.82. The average Bonchev–Trinajstić information content (AvgIpc) is 2.37. The monoisotopic (exact) mass is 388 g/mol. The summed E-state index contributed by atoms with van der Waals surface area (Å²) in [6.07, 6.45) is 0. The molecule has 0 saturated carbocycles. The Balaban J connectivity index is 2.35. The van der Waals surface area contributed by atoms with Gasteiger partial charge in [-0.25, -0.2) is 0 Å². The lowest BCUT2D eigenvalue weighted by Crippen LogP contribution is -2.13. The van der Waals surface area contributed by atoms with E-state index in [9.17, 15) is 14.9 Å². The van der Waals surface area contributed by atoms with Gasteiger partial charge in [0.05, 0.1) is 4.92 Å². The summed E-state index contributed by atoms with van der Waals surface area (Å²) in [5.41, 5.74) is 0.0473. The molecule has 108 valence electrons. The molecule has 2 aromatic carbocycles. The van der Waals surface area contributed by atoms with Crippen LogP contribution in [0.5, 0.6) is 0 Å². The van der Waals surface area contributed by atoms with Crippen molar-refractivity contribution in [3.05, 3.63) is 66.6 Å². The Hall–Kier alpha value is -1.63. The van der Waals surface area contributed by atoms with Gasteiger partial charge in [0.1, 0.15) is 5.69 Å². The summed E-state index contributed by atoms with van der Waals surface area (Å²) in [4.78, 5) is 22.5. The molecule has 0 saturated heterocycles. The van der Waals surface area contributed by atoms with Gasteiger partial charge in [0.15, 0.2) is 0 Å². The topological polar surface area (TPSA) is 72.2 Å². The minimum absolute atomic E-state index is 0.0218. The first kappa shape index (κ1) is 15.8. The third-order valence-corrected chi connectivity index (χ3v) is 3.44. The van der Waals surface area contributed by atoms with E-state index in [2.05, 4.69) is 21.2 Å². The van der Waals surface area contributed by atoms with Crippen LogP contribution in [0.25, 0.3) is 0 Å². The molecule has 0 aromatic heterocycles. The van der Waals surface area contributed by atoms with Gasteiger partial charge >= 0.3 is 0 Å². The molecule has 0 unspecified atom stereocenters. The molecule has 0 fully saturated rings. The quantitative estimate of drug-likeness (QED) is 0.598. The van der Waals surface area contributed by atoms with Gasteiger partial charge in [-0.15, -0.1) is 0 Å². The lowest BCUT2D eigenvalue weighted by atomic mass is 10.2. The minimum Gasteiger partial charge on any atom is -0.316 e. The number of nitro benzene ring substituents is 1. The van der Waals surface area contributed by atoms with Crippen molar-refractivity contribution in [1.29, 1.82) is 0 Å². The number of nitrogens with one attached hydrogen (secondary N) is 1. The van der Waals surface area contributed by atoms with Gasteiger partial charge in [0, 0.05) is 26.1 Å². The van der Waals surface area contributed by atoms with Crippen molar-refractivity contribution in [2.75, 3.05) is 5.32 Å². The van der Waals surface area contributed by atoms with Crippen LogP contribution in [0.2, 0.25) is 10.0 Å². The van der Waals surface area contributed by atoms with Crippen LogP contribution in [0, 0.1) is 10.1 Å². The molecule has 0 atom stereocenters. The van der Waals surface area contributed by atoms with E-state index >= 15 is 0 Å². The van der Waals surface area contributed by atoms with E-state index in [4.69, 9.17) is 23.2 Å². The van der Waals surface area contributed by atoms with Crippen LogP contribution >= 0.6 is 39.1 Å². The maximum absolute atomic E-state index is 12.1. The fourth-order valence-corrected chi connectivity index (χ4v) is 2.68. The van der Waals surface area contributed by atoms with E-state index in [0.29, 0.717) is 9.50 Å². The van der Waals surface area contributed by atoms with Gasteiger partial charge in [-0.3, -0.25) is 14.9 Å². The summed E-state index contributed by atoms with van der Waals surface area (Å²) in [5.74, 6) is -0.524. The molecule has 0 aliphatic heterocycles. The molecule has 0 radical (unpaired) electrons. The van der Waals surface area contributed by atoms with Gasteiger partial charge < -0.3 is 5.32 Å². The van der Waals surface area contributed by atoms with E-state index in [1.807, 2.05) is 0 Å². The molecule has 0 bridgehead atoms. The molecule has 5 nitrogen and oxygen atoms in total. The Morgan fingerprint density at radius 3 is 2.48 bits per heavy atom. The molecular weight excluding hydrogens is 383 g/mol. The lowest BCUT2D eigenvalue weighted by molar-refractivity contribution is -0.383. The molecule has 21 heavy (non-hydrogen) atoms. The first-order valence-electron chi connectivity index (χ1n) is 5.58. The number of amides is 1. The first-order valence-corrected chi connectivity index (χ1v) is 7.13. The standard InChI is InChI=1S/C13H7BrCl2N2O3/c14-8-3-7(4-10(16)5-8)13(19)17-11-6-9(15)1-2-12(11)18(20)21/h1-6H,(H,17,19). The molecule has 2 rings (SSSR count). The zero-order chi connectivity index (χ0) is 15.6. The second-order valence-electron chi connectivity index (χ2n) is 4.03.